The van der Waals surface area contributed by atoms with Crippen LogP contribution >= 0.6 is 12.2 Å². The zero-order valence-electron chi connectivity index (χ0n) is 15.5. The number of rotatable bonds is 6. The summed E-state index contributed by atoms with van der Waals surface area (Å²) in [4.78, 5) is 12.6. The Labute approximate surface area is 163 Å². The highest BCUT2D eigenvalue weighted by Gasteiger charge is 2.31. The predicted octanol–water partition coefficient (Wildman–Crippen LogP) is 2.83. The van der Waals surface area contributed by atoms with Crippen molar-refractivity contribution in [1.82, 2.24) is 10.6 Å². The molecule has 1 heterocycles. The van der Waals surface area contributed by atoms with Crippen LogP contribution in [0.1, 0.15) is 18.5 Å². The van der Waals surface area contributed by atoms with Crippen LogP contribution in [0.3, 0.4) is 0 Å². The molecule has 0 aliphatic carbocycles. The molecule has 6 nitrogen and oxygen atoms in total. The van der Waals surface area contributed by atoms with E-state index in [4.69, 9.17) is 26.4 Å². The molecule has 0 bridgehead atoms. The number of allylic oxidation sites excluding steroid dienone is 1. The second kappa shape index (κ2) is 8.37. The van der Waals surface area contributed by atoms with E-state index in [1.54, 1.807) is 14.2 Å². The number of nitrogens with one attached hydrogen (secondary N) is 2. The molecule has 7 heteroatoms. The lowest BCUT2D eigenvalue weighted by atomic mass is 9.94. The number of hydrogen-bond donors (Lipinski definition) is 2. The summed E-state index contributed by atoms with van der Waals surface area (Å²) in [6.45, 7) is 2.36. The van der Waals surface area contributed by atoms with Crippen LogP contribution in [0.5, 0.6) is 5.75 Å². The third kappa shape index (κ3) is 4.20. The van der Waals surface area contributed by atoms with Gasteiger partial charge in [0.2, 0.25) is 0 Å². The van der Waals surface area contributed by atoms with Gasteiger partial charge in [-0.1, -0.05) is 18.2 Å². The third-order valence-electron chi connectivity index (χ3n) is 4.41. The smallest absolute Gasteiger partial charge is 0.338 e. The Morgan fingerprint density at radius 2 is 1.85 bits per heavy atom. The number of benzene rings is 2. The van der Waals surface area contributed by atoms with Crippen LogP contribution in [-0.2, 0) is 14.3 Å². The molecule has 27 heavy (non-hydrogen) atoms. The first-order valence-corrected chi connectivity index (χ1v) is 8.96. The maximum Gasteiger partial charge on any atom is 0.338 e. The highest BCUT2D eigenvalue weighted by molar-refractivity contribution is 7.80. The van der Waals surface area contributed by atoms with Crippen molar-refractivity contribution in [3.05, 3.63) is 53.2 Å². The van der Waals surface area contributed by atoms with Gasteiger partial charge in [-0.15, -0.1) is 0 Å². The van der Waals surface area contributed by atoms with E-state index in [0.29, 0.717) is 23.0 Å². The van der Waals surface area contributed by atoms with Gasteiger partial charge in [0.15, 0.2) is 5.11 Å². The molecule has 142 valence electrons. The van der Waals surface area contributed by atoms with Crippen LogP contribution in [0.15, 0.2) is 47.7 Å². The van der Waals surface area contributed by atoms with Crippen LogP contribution in [0.4, 0.5) is 0 Å². The SMILES string of the molecule is COCCOC(=O)C1=C(C)NC(=S)N[C@H]1c1ccc2cc(OC)ccc2c1. The quantitative estimate of drug-likeness (QED) is 0.449. The lowest BCUT2D eigenvalue weighted by molar-refractivity contribution is -0.140. The minimum atomic E-state index is -0.396. The highest BCUT2D eigenvalue weighted by atomic mass is 32.1. The van der Waals surface area contributed by atoms with Gasteiger partial charge < -0.3 is 24.8 Å². The Kier molecular flexibility index (Phi) is 5.93. The van der Waals surface area contributed by atoms with Crippen molar-refractivity contribution in [3.63, 3.8) is 0 Å². The fourth-order valence-electron chi connectivity index (χ4n) is 3.06. The number of carbonyl (C=O) groups is 1. The van der Waals surface area contributed by atoms with Crippen LogP contribution in [0.25, 0.3) is 10.8 Å². The minimum absolute atomic E-state index is 0.195. The van der Waals surface area contributed by atoms with Gasteiger partial charge in [-0.3, -0.25) is 0 Å². The molecule has 0 aromatic heterocycles. The summed E-state index contributed by atoms with van der Waals surface area (Å²) in [6, 6.07) is 11.5. The lowest BCUT2D eigenvalue weighted by Gasteiger charge is -2.30. The number of ether oxygens (including phenoxy) is 3. The Morgan fingerprint density at radius 1 is 1.11 bits per heavy atom. The Morgan fingerprint density at radius 3 is 2.59 bits per heavy atom. The number of thiocarbonyl (C=S) groups is 1. The number of hydrogen-bond acceptors (Lipinski definition) is 5. The average Bonchev–Trinajstić information content (AvgIpc) is 2.66. The molecule has 1 aliphatic heterocycles. The van der Waals surface area contributed by atoms with Gasteiger partial charge in [-0.05, 0) is 53.7 Å². The number of carbonyl (C=O) groups excluding carboxylic acids is 1. The molecular weight excluding hydrogens is 364 g/mol. The second-order valence-corrected chi connectivity index (χ2v) is 6.58. The summed E-state index contributed by atoms with van der Waals surface area (Å²) >= 11 is 5.29. The van der Waals surface area contributed by atoms with E-state index in [0.717, 1.165) is 22.1 Å². The Balaban J connectivity index is 1.96. The van der Waals surface area contributed by atoms with E-state index in [9.17, 15) is 4.79 Å². The van der Waals surface area contributed by atoms with Crippen molar-refractivity contribution in [2.75, 3.05) is 27.4 Å². The fraction of sp³-hybridized carbons (Fsp3) is 0.300. The van der Waals surface area contributed by atoms with Crippen molar-refractivity contribution >= 4 is 34.1 Å². The van der Waals surface area contributed by atoms with Crippen molar-refractivity contribution in [3.8, 4) is 5.75 Å². The number of methoxy groups -OCH3 is 2. The normalized spacial score (nSPS) is 16.7. The van der Waals surface area contributed by atoms with Gasteiger partial charge in [0, 0.05) is 12.8 Å². The molecule has 2 aromatic rings. The van der Waals surface area contributed by atoms with Gasteiger partial charge in [-0.25, -0.2) is 4.79 Å². The predicted molar refractivity (Wildman–Crippen MR) is 108 cm³/mol. The fourth-order valence-corrected chi connectivity index (χ4v) is 3.33. The summed E-state index contributed by atoms with van der Waals surface area (Å²) in [5.74, 6) is 0.404. The average molecular weight is 386 g/mol. The molecule has 0 fully saturated rings. The maximum absolute atomic E-state index is 12.6. The van der Waals surface area contributed by atoms with Crippen molar-refractivity contribution < 1.29 is 19.0 Å². The molecule has 2 aromatic carbocycles. The summed E-state index contributed by atoms with van der Waals surface area (Å²) in [6.07, 6.45) is 0. The molecule has 1 aliphatic rings. The van der Waals surface area contributed by atoms with Gasteiger partial charge in [-0.2, -0.15) is 0 Å². The summed E-state index contributed by atoms with van der Waals surface area (Å²) < 4.78 is 15.6. The summed E-state index contributed by atoms with van der Waals surface area (Å²) in [5, 5.41) is 8.76. The van der Waals surface area contributed by atoms with E-state index in [1.165, 1.54) is 0 Å². The second-order valence-electron chi connectivity index (χ2n) is 6.17. The third-order valence-corrected chi connectivity index (χ3v) is 4.63. The van der Waals surface area contributed by atoms with Crippen LogP contribution in [0.2, 0.25) is 0 Å². The maximum atomic E-state index is 12.6. The monoisotopic (exact) mass is 386 g/mol. The zero-order valence-corrected chi connectivity index (χ0v) is 16.3. The van der Waals surface area contributed by atoms with Crippen molar-refractivity contribution in [1.29, 1.82) is 0 Å². The number of fused-ring (bicyclic) bond motifs is 1. The van der Waals surface area contributed by atoms with Crippen molar-refractivity contribution in [2.45, 2.75) is 13.0 Å². The first-order chi connectivity index (χ1) is 13.0. The lowest BCUT2D eigenvalue weighted by Crippen LogP contribution is -2.45. The molecule has 0 saturated heterocycles. The van der Waals surface area contributed by atoms with Gasteiger partial charge in [0.1, 0.15) is 12.4 Å². The van der Waals surface area contributed by atoms with Gasteiger partial charge in [0.05, 0.1) is 25.3 Å². The molecule has 0 amide bonds. The standard InChI is InChI=1S/C20H22N2O4S/c1-12-17(19(23)26-9-8-24-2)18(22-20(27)21-12)15-5-4-14-11-16(25-3)7-6-13(14)10-15/h4-7,10-11,18H,8-9H2,1-3H3,(H2,21,22,27)/t18-/m0/s1. The van der Waals surface area contributed by atoms with E-state index >= 15 is 0 Å². The zero-order chi connectivity index (χ0) is 19.4. The largest absolute Gasteiger partial charge is 0.497 e. The van der Waals surface area contributed by atoms with Crippen molar-refractivity contribution in [2.24, 2.45) is 0 Å². The van der Waals surface area contributed by atoms with Crippen LogP contribution < -0.4 is 15.4 Å². The van der Waals surface area contributed by atoms with E-state index in [1.807, 2.05) is 43.3 Å². The molecule has 0 unspecified atom stereocenters. The summed E-state index contributed by atoms with van der Waals surface area (Å²) in [7, 11) is 3.21. The molecule has 2 N–H and O–H groups in total. The first kappa shape index (κ1) is 19.1. The molecule has 1 atom stereocenters. The topological polar surface area (TPSA) is 68.8 Å². The minimum Gasteiger partial charge on any atom is -0.497 e. The molecular formula is C20H22N2O4S. The van der Waals surface area contributed by atoms with E-state index in [2.05, 4.69) is 10.6 Å². The van der Waals surface area contributed by atoms with Gasteiger partial charge in [0.25, 0.3) is 0 Å². The highest BCUT2D eigenvalue weighted by Crippen LogP contribution is 2.30. The van der Waals surface area contributed by atoms with Crippen LogP contribution in [0, 0.1) is 0 Å². The van der Waals surface area contributed by atoms with Gasteiger partial charge >= 0.3 is 5.97 Å². The van der Waals surface area contributed by atoms with Crippen LogP contribution in [-0.4, -0.2) is 38.5 Å². The van der Waals surface area contributed by atoms with E-state index in [-0.39, 0.29) is 12.6 Å². The Hall–Kier alpha value is -2.64. The molecule has 0 saturated carbocycles. The number of esters is 1. The summed E-state index contributed by atoms with van der Waals surface area (Å²) in [5.41, 5.74) is 2.11. The first-order valence-electron chi connectivity index (χ1n) is 8.55. The van der Waals surface area contributed by atoms with E-state index < -0.39 is 5.97 Å². The Bertz CT molecular complexity index is 910. The molecule has 0 radical (unpaired) electrons. The molecule has 0 spiro atoms. The molecule has 3 rings (SSSR count).